The smallest absolute Gasteiger partial charge is 0.295 e. The third-order valence-corrected chi connectivity index (χ3v) is 6.96. The Kier molecular flexibility index (Phi) is 6.29. The van der Waals surface area contributed by atoms with E-state index in [2.05, 4.69) is 0 Å². The first-order valence-electron chi connectivity index (χ1n) is 12.1. The zero-order valence-electron chi connectivity index (χ0n) is 20.7. The van der Waals surface area contributed by atoms with Crippen molar-refractivity contribution < 1.29 is 23.1 Å². The summed E-state index contributed by atoms with van der Waals surface area (Å²) in [5.74, 6) is -0.207. The van der Waals surface area contributed by atoms with Gasteiger partial charge in [0.05, 0.1) is 29.1 Å². The van der Waals surface area contributed by atoms with Crippen molar-refractivity contribution in [2.24, 2.45) is 0 Å². The van der Waals surface area contributed by atoms with Crippen LogP contribution in [0.3, 0.4) is 0 Å². The number of amides is 1. The second-order valence-electron chi connectivity index (χ2n) is 9.06. The molecule has 6 nitrogen and oxygen atoms in total. The molecule has 0 spiro atoms. The molecule has 194 valence electrons. The summed E-state index contributed by atoms with van der Waals surface area (Å²) >= 11 is 6.41. The summed E-state index contributed by atoms with van der Waals surface area (Å²) in [5, 5.41) is 0.349. The largest absolute Gasteiger partial charge is 0.495 e. The SMILES string of the molecule is COc1ccc(N2C(=O)c3oc4ccc(F)cc4c(=O)c3C2c2cccc(OCc3ccccc3)c2)cc1Cl. The number of carbonyl (C=O) groups is 1. The van der Waals surface area contributed by atoms with Gasteiger partial charge in [-0.25, -0.2) is 4.39 Å². The van der Waals surface area contributed by atoms with E-state index in [1.807, 2.05) is 30.3 Å². The summed E-state index contributed by atoms with van der Waals surface area (Å²) < 4.78 is 31.3. The maximum Gasteiger partial charge on any atom is 0.295 e. The molecule has 1 unspecified atom stereocenters. The molecule has 1 atom stereocenters. The lowest BCUT2D eigenvalue weighted by Crippen LogP contribution is -2.29. The minimum atomic E-state index is -0.874. The van der Waals surface area contributed by atoms with Crippen LogP contribution in [0.4, 0.5) is 10.1 Å². The molecule has 0 bridgehead atoms. The van der Waals surface area contributed by atoms with Crippen LogP contribution in [0, 0.1) is 5.82 Å². The molecule has 4 aromatic carbocycles. The zero-order chi connectivity index (χ0) is 27.1. The van der Waals surface area contributed by atoms with Crippen molar-refractivity contribution in [3.63, 3.8) is 0 Å². The number of fused-ring (bicyclic) bond motifs is 2. The minimum Gasteiger partial charge on any atom is -0.495 e. The van der Waals surface area contributed by atoms with Gasteiger partial charge in [-0.05, 0) is 59.7 Å². The van der Waals surface area contributed by atoms with E-state index in [0.29, 0.717) is 34.4 Å². The van der Waals surface area contributed by atoms with Crippen molar-refractivity contribution in [3.05, 3.63) is 135 Å². The van der Waals surface area contributed by atoms with Crippen molar-refractivity contribution >= 4 is 34.2 Å². The van der Waals surface area contributed by atoms with E-state index < -0.39 is 23.2 Å². The number of ether oxygens (including phenoxy) is 2. The summed E-state index contributed by atoms with van der Waals surface area (Å²) in [6.07, 6.45) is 0. The quantitative estimate of drug-likeness (QED) is 0.233. The summed E-state index contributed by atoms with van der Waals surface area (Å²) in [5.41, 5.74) is 1.80. The van der Waals surface area contributed by atoms with E-state index in [9.17, 15) is 14.0 Å². The number of carbonyl (C=O) groups excluding carboxylic acids is 1. The summed E-state index contributed by atoms with van der Waals surface area (Å²) in [6.45, 7) is 0.342. The molecule has 6 rings (SSSR count). The van der Waals surface area contributed by atoms with Crippen molar-refractivity contribution in [3.8, 4) is 11.5 Å². The van der Waals surface area contributed by atoms with Crippen molar-refractivity contribution in [2.75, 3.05) is 12.0 Å². The molecule has 0 aliphatic carbocycles. The van der Waals surface area contributed by atoms with Gasteiger partial charge in [-0.15, -0.1) is 0 Å². The monoisotopic (exact) mass is 541 g/mol. The van der Waals surface area contributed by atoms with Crippen LogP contribution in [0.1, 0.15) is 33.3 Å². The maximum atomic E-state index is 14.1. The van der Waals surface area contributed by atoms with Crippen LogP contribution >= 0.6 is 11.6 Å². The molecule has 8 heteroatoms. The molecule has 39 heavy (non-hydrogen) atoms. The van der Waals surface area contributed by atoms with Crippen LogP contribution < -0.4 is 19.8 Å². The lowest BCUT2D eigenvalue weighted by molar-refractivity contribution is 0.0971. The molecule has 1 aliphatic heterocycles. The number of methoxy groups -OCH3 is 1. The Labute approximate surface area is 227 Å². The fourth-order valence-corrected chi connectivity index (χ4v) is 5.10. The predicted molar refractivity (Wildman–Crippen MR) is 146 cm³/mol. The topological polar surface area (TPSA) is 69.0 Å². The molecule has 0 N–H and O–H groups in total. The van der Waals surface area contributed by atoms with Gasteiger partial charge in [-0.1, -0.05) is 54.1 Å². The van der Waals surface area contributed by atoms with Gasteiger partial charge in [0.2, 0.25) is 5.76 Å². The van der Waals surface area contributed by atoms with Gasteiger partial charge < -0.3 is 13.9 Å². The van der Waals surface area contributed by atoms with Crippen LogP contribution in [-0.2, 0) is 6.61 Å². The standard InChI is InChI=1S/C31H21ClFNO5/c1-37-26-13-11-21(16-24(26)32)34-28(19-8-5-9-22(14-19)38-17-18-6-3-2-4-7-18)27-29(35)23-15-20(33)10-12-25(23)39-30(27)31(34)36/h2-16,28H,17H2,1H3. The van der Waals surface area contributed by atoms with Gasteiger partial charge in [0, 0.05) is 5.69 Å². The Morgan fingerprint density at radius 2 is 1.77 bits per heavy atom. The van der Waals surface area contributed by atoms with Gasteiger partial charge in [-0.3, -0.25) is 14.5 Å². The maximum absolute atomic E-state index is 14.1. The van der Waals surface area contributed by atoms with Gasteiger partial charge >= 0.3 is 0 Å². The highest BCUT2D eigenvalue weighted by atomic mass is 35.5. The third-order valence-electron chi connectivity index (χ3n) is 6.67. The van der Waals surface area contributed by atoms with Crippen molar-refractivity contribution in [1.29, 1.82) is 0 Å². The molecular formula is C31H21ClFNO5. The highest BCUT2D eigenvalue weighted by Crippen LogP contribution is 2.43. The van der Waals surface area contributed by atoms with E-state index in [1.54, 1.807) is 42.5 Å². The Balaban J connectivity index is 1.50. The first kappa shape index (κ1) is 24.7. The van der Waals surface area contributed by atoms with Crippen LogP contribution in [0.2, 0.25) is 5.02 Å². The van der Waals surface area contributed by atoms with E-state index >= 15 is 0 Å². The van der Waals surface area contributed by atoms with E-state index in [-0.39, 0.29) is 22.3 Å². The zero-order valence-corrected chi connectivity index (χ0v) is 21.4. The van der Waals surface area contributed by atoms with Gasteiger partial charge in [-0.2, -0.15) is 0 Å². The lowest BCUT2D eigenvalue weighted by Gasteiger charge is -2.26. The number of hydrogen-bond donors (Lipinski definition) is 0. The molecular weight excluding hydrogens is 521 g/mol. The molecule has 0 radical (unpaired) electrons. The molecule has 1 amide bonds. The molecule has 2 heterocycles. The molecule has 0 saturated carbocycles. The average molecular weight is 542 g/mol. The molecule has 5 aromatic rings. The Hall–Kier alpha value is -4.62. The second kappa shape index (κ2) is 9.93. The van der Waals surface area contributed by atoms with Gasteiger partial charge in [0.25, 0.3) is 5.91 Å². The number of anilines is 1. The number of benzene rings is 4. The third kappa shape index (κ3) is 4.41. The van der Waals surface area contributed by atoms with Crippen LogP contribution in [-0.4, -0.2) is 13.0 Å². The van der Waals surface area contributed by atoms with Crippen molar-refractivity contribution in [2.45, 2.75) is 12.6 Å². The highest BCUT2D eigenvalue weighted by Gasteiger charge is 2.44. The normalized spacial score (nSPS) is 14.5. The molecule has 1 aromatic heterocycles. The minimum absolute atomic E-state index is 0.0534. The lowest BCUT2D eigenvalue weighted by atomic mass is 9.98. The first-order valence-corrected chi connectivity index (χ1v) is 12.5. The Morgan fingerprint density at radius 3 is 2.54 bits per heavy atom. The van der Waals surface area contributed by atoms with E-state index in [4.69, 9.17) is 25.5 Å². The number of halogens is 2. The molecule has 0 fully saturated rings. The van der Waals surface area contributed by atoms with E-state index in [0.717, 1.165) is 11.6 Å². The van der Waals surface area contributed by atoms with Crippen molar-refractivity contribution in [1.82, 2.24) is 0 Å². The summed E-state index contributed by atoms with van der Waals surface area (Å²) in [7, 11) is 1.49. The summed E-state index contributed by atoms with van der Waals surface area (Å²) in [6, 6.07) is 24.6. The fraction of sp³-hybridized carbons (Fsp3) is 0.0968. The van der Waals surface area contributed by atoms with E-state index in [1.165, 1.54) is 24.1 Å². The van der Waals surface area contributed by atoms with Gasteiger partial charge in [0.15, 0.2) is 5.43 Å². The van der Waals surface area contributed by atoms with Crippen LogP contribution in [0.5, 0.6) is 11.5 Å². The predicted octanol–water partition coefficient (Wildman–Crippen LogP) is 6.92. The first-order chi connectivity index (χ1) is 18.9. The Morgan fingerprint density at radius 1 is 0.949 bits per heavy atom. The number of nitrogens with zero attached hydrogens (tertiary/aromatic N) is 1. The van der Waals surface area contributed by atoms with Crippen LogP contribution in [0.15, 0.2) is 100 Å². The number of rotatable bonds is 6. The highest BCUT2D eigenvalue weighted by molar-refractivity contribution is 6.32. The molecule has 1 aliphatic rings. The average Bonchev–Trinajstić information content (AvgIpc) is 3.25. The fourth-order valence-electron chi connectivity index (χ4n) is 4.85. The Bertz CT molecular complexity index is 1790. The second-order valence-corrected chi connectivity index (χ2v) is 9.46. The molecule has 0 saturated heterocycles. The summed E-state index contributed by atoms with van der Waals surface area (Å²) in [4.78, 5) is 29.0. The van der Waals surface area contributed by atoms with Gasteiger partial charge in [0.1, 0.15) is 29.5 Å². The number of hydrogen-bond acceptors (Lipinski definition) is 5. The van der Waals surface area contributed by atoms with Crippen LogP contribution in [0.25, 0.3) is 11.0 Å².